The molecule has 1 aromatic heterocycles. The lowest BCUT2D eigenvalue weighted by Gasteiger charge is -2.49. The van der Waals surface area contributed by atoms with Crippen molar-refractivity contribution in [1.82, 2.24) is 5.32 Å². The number of thiophene rings is 1. The fourth-order valence-electron chi connectivity index (χ4n) is 5.92. The molecule has 4 bridgehead atoms. The third kappa shape index (κ3) is 2.22. The van der Waals surface area contributed by atoms with E-state index in [9.17, 15) is 0 Å². The van der Waals surface area contributed by atoms with Gasteiger partial charge in [-0.1, -0.05) is 24.5 Å². The van der Waals surface area contributed by atoms with Crippen LogP contribution in [0.2, 0.25) is 0 Å². The van der Waals surface area contributed by atoms with E-state index in [2.05, 4.69) is 22.8 Å². The topological polar surface area (TPSA) is 12.0 Å². The summed E-state index contributed by atoms with van der Waals surface area (Å²) in [7, 11) is 0. The zero-order valence-electron chi connectivity index (χ0n) is 12.7. The molecule has 2 unspecified atom stereocenters. The lowest BCUT2D eigenvalue weighted by molar-refractivity contribution is 0.0757. The molecule has 4 saturated carbocycles. The van der Waals surface area contributed by atoms with Crippen molar-refractivity contribution in [3.05, 3.63) is 27.5 Å². The first-order chi connectivity index (χ1) is 10.3. The van der Waals surface area contributed by atoms with Gasteiger partial charge < -0.3 is 5.32 Å². The second-order valence-corrected chi connectivity index (χ2v) is 9.17. The molecule has 21 heavy (non-hydrogen) atoms. The van der Waals surface area contributed by atoms with E-state index >= 15 is 0 Å². The molecule has 1 nitrogen and oxygen atoms in total. The Morgan fingerprint density at radius 3 is 2.62 bits per heavy atom. The molecule has 1 aromatic rings. The standard InChI is InChI=1S/C19H25NS/c1-2-14-6-15-5-13(1)9-19(10-14,11-15)20-12-16-7-17-3-4-21-18(17)8-16/h3-4,7,13-15,20H,1-2,5-6,8-12H2. The Morgan fingerprint density at radius 1 is 1.10 bits per heavy atom. The summed E-state index contributed by atoms with van der Waals surface area (Å²) in [5.41, 5.74) is 3.61. The Bertz CT molecular complexity index is 568. The molecule has 5 aliphatic rings. The van der Waals surface area contributed by atoms with Crippen molar-refractivity contribution in [3.8, 4) is 0 Å². The van der Waals surface area contributed by atoms with Crippen LogP contribution in [0.4, 0.5) is 0 Å². The van der Waals surface area contributed by atoms with Gasteiger partial charge in [0.25, 0.3) is 0 Å². The van der Waals surface area contributed by atoms with Crippen molar-refractivity contribution in [2.24, 2.45) is 17.8 Å². The summed E-state index contributed by atoms with van der Waals surface area (Å²) in [6, 6.07) is 2.28. The second kappa shape index (κ2) is 4.70. The summed E-state index contributed by atoms with van der Waals surface area (Å²) in [5, 5.41) is 6.30. The first-order valence-electron chi connectivity index (χ1n) is 8.79. The van der Waals surface area contributed by atoms with Gasteiger partial charge in [0.15, 0.2) is 0 Å². The van der Waals surface area contributed by atoms with Crippen LogP contribution in [0.25, 0.3) is 6.08 Å². The van der Waals surface area contributed by atoms with E-state index in [1.807, 2.05) is 11.3 Å². The van der Waals surface area contributed by atoms with Gasteiger partial charge in [0.05, 0.1) is 0 Å². The quantitative estimate of drug-likeness (QED) is 0.857. The second-order valence-electron chi connectivity index (χ2n) is 8.17. The van der Waals surface area contributed by atoms with Gasteiger partial charge in [-0.25, -0.2) is 0 Å². The lowest BCUT2D eigenvalue weighted by Crippen LogP contribution is -2.54. The van der Waals surface area contributed by atoms with Gasteiger partial charge in [-0.15, -0.1) is 11.3 Å². The molecule has 0 radical (unpaired) electrons. The fraction of sp³-hybridized carbons (Fsp3) is 0.684. The van der Waals surface area contributed by atoms with E-state index in [4.69, 9.17) is 0 Å². The summed E-state index contributed by atoms with van der Waals surface area (Å²) in [5.74, 6) is 3.10. The average molecular weight is 299 g/mol. The maximum absolute atomic E-state index is 4.07. The highest BCUT2D eigenvalue weighted by Crippen LogP contribution is 2.53. The highest BCUT2D eigenvalue weighted by molar-refractivity contribution is 7.10. The van der Waals surface area contributed by atoms with E-state index in [-0.39, 0.29) is 0 Å². The Morgan fingerprint density at radius 2 is 1.86 bits per heavy atom. The minimum Gasteiger partial charge on any atom is -0.307 e. The van der Waals surface area contributed by atoms with Crippen LogP contribution in [-0.2, 0) is 6.42 Å². The summed E-state index contributed by atoms with van der Waals surface area (Å²) in [4.78, 5) is 1.58. The van der Waals surface area contributed by atoms with Gasteiger partial charge >= 0.3 is 0 Å². The molecule has 4 fully saturated rings. The van der Waals surface area contributed by atoms with Gasteiger partial charge in [0.2, 0.25) is 0 Å². The molecule has 2 atom stereocenters. The van der Waals surface area contributed by atoms with E-state index in [1.165, 1.54) is 44.1 Å². The third-order valence-corrected chi connectivity index (χ3v) is 7.51. The van der Waals surface area contributed by atoms with Crippen molar-refractivity contribution in [2.45, 2.75) is 56.9 Å². The van der Waals surface area contributed by atoms with Gasteiger partial charge in [-0.3, -0.25) is 0 Å². The van der Waals surface area contributed by atoms with Crippen LogP contribution in [0.3, 0.4) is 0 Å². The smallest absolute Gasteiger partial charge is 0.0192 e. The van der Waals surface area contributed by atoms with Gasteiger partial charge in [0, 0.05) is 23.4 Å². The average Bonchev–Trinajstić information content (AvgIpc) is 2.97. The third-order valence-electron chi connectivity index (χ3n) is 6.57. The van der Waals surface area contributed by atoms with E-state index in [0.717, 1.165) is 24.3 Å². The van der Waals surface area contributed by atoms with Crippen LogP contribution in [-0.4, -0.2) is 12.1 Å². The summed E-state index contributed by atoms with van der Waals surface area (Å²) in [6.07, 6.45) is 14.2. The first kappa shape index (κ1) is 12.9. The highest BCUT2D eigenvalue weighted by Gasteiger charge is 2.48. The zero-order valence-corrected chi connectivity index (χ0v) is 13.6. The number of nitrogens with one attached hydrogen (secondary N) is 1. The SMILES string of the molecule is C1=C(CNC23CC4CCC(CC(C4)C2)C3)Cc2sccc21. The van der Waals surface area contributed by atoms with Crippen molar-refractivity contribution in [1.29, 1.82) is 0 Å². The molecule has 1 heterocycles. The van der Waals surface area contributed by atoms with Crippen LogP contribution < -0.4 is 5.32 Å². The van der Waals surface area contributed by atoms with Crippen LogP contribution in [0, 0.1) is 17.8 Å². The minimum atomic E-state index is 0.504. The molecule has 0 amide bonds. The molecular formula is C19H25NS. The molecule has 0 aliphatic heterocycles. The van der Waals surface area contributed by atoms with E-state index in [0.29, 0.717) is 5.54 Å². The number of fused-ring (bicyclic) bond motifs is 2. The van der Waals surface area contributed by atoms with Crippen molar-refractivity contribution in [3.63, 3.8) is 0 Å². The van der Waals surface area contributed by atoms with Gasteiger partial charge in [-0.2, -0.15) is 0 Å². The predicted molar refractivity (Wildman–Crippen MR) is 89.5 cm³/mol. The van der Waals surface area contributed by atoms with Crippen LogP contribution in [0.1, 0.15) is 55.4 Å². The van der Waals surface area contributed by atoms with Crippen molar-refractivity contribution >= 4 is 17.4 Å². The molecule has 0 aromatic carbocycles. The molecule has 0 saturated heterocycles. The summed E-state index contributed by atoms with van der Waals surface area (Å²) >= 11 is 1.92. The van der Waals surface area contributed by atoms with Crippen molar-refractivity contribution < 1.29 is 0 Å². The molecule has 6 rings (SSSR count). The van der Waals surface area contributed by atoms with E-state index < -0.39 is 0 Å². The summed E-state index contributed by atoms with van der Waals surface area (Å²) in [6.45, 7) is 1.13. The minimum absolute atomic E-state index is 0.504. The Kier molecular flexibility index (Phi) is 2.88. The fourth-order valence-corrected chi connectivity index (χ4v) is 6.83. The van der Waals surface area contributed by atoms with Crippen LogP contribution in [0.15, 0.2) is 17.0 Å². The molecule has 1 N–H and O–H groups in total. The number of hydrogen-bond donors (Lipinski definition) is 1. The predicted octanol–water partition coefficient (Wildman–Crippen LogP) is 4.64. The Labute approximate surface area is 131 Å². The lowest BCUT2D eigenvalue weighted by atomic mass is 9.63. The molecular weight excluding hydrogens is 274 g/mol. The van der Waals surface area contributed by atoms with Gasteiger partial charge in [-0.05, 0) is 66.9 Å². The molecule has 0 spiro atoms. The first-order valence-corrected chi connectivity index (χ1v) is 9.67. The maximum atomic E-state index is 4.07. The normalized spacial score (nSPS) is 40.2. The molecule has 2 heteroatoms. The van der Waals surface area contributed by atoms with Crippen LogP contribution in [0.5, 0.6) is 0 Å². The monoisotopic (exact) mass is 299 g/mol. The Hall–Kier alpha value is -0.600. The summed E-state index contributed by atoms with van der Waals surface area (Å²) < 4.78 is 0. The molecule has 5 aliphatic carbocycles. The van der Waals surface area contributed by atoms with Crippen molar-refractivity contribution in [2.75, 3.05) is 6.54 Å². The largest absolute Gasteiger partial charge is 0.307 e. The van der Waals surface area contributed by atoms with Crippen LogP contribution >= 0.6 is 11.3 Å². The van der Waals surface area contributed by atoms with E-state index in [1.54, 1.807) is 23.3 Å². The van der Waals surface area contributed by atoms with Gasteiger partial charge in [0.1, 0.15) is 0 Å². The maximum Gasteiger partial charge on any atom is 0.0192 e. The zero-order chi connectivity index (χ0) is 13.9. The molecule has 112 valence electrons. The Balaban J connectivity index is 1.31. The number of rotatable bonds is 3. The highest BCUT2D eigenvalue weighted by atomic mass is 32.1. The number of hydrogen-bond acceptors (Lipinski definition) is 2.